The molecule has 0 amide bonds. The van der Waals surface area contributed by atoms with Crippen LogP contribution in [0.3, 0.4) is 0 Å². The highest BCUT2D eigenvalue weighted by Gasteiger charge is 2.59. The van der Waals surface area contributed by atoms with Gasteiger partial charge in [-0.25, -0.2) is 4.79 Å². The number of aliphatic carboxylic acids is 1. The van der Waals surface area contributed by atoms with Crippen LogP contribution in [-0.2, 0) is 19.1 Å². The molecule has 0 aromatic rings. The van der Waals surface area contributed by atoms with Gasteiger partial charge < -0.3 is 25.2 Å². The third-order valence-corrected chi connectivity index (χ3v) is 7.90. The first-order chi connectivity index (χ1) is 18.1. The van der Waals surface area contributed by atoms with Crippen molar-refractivity contribution in [3.05, 3.63) is 71.4 Å². The van der Waals surface area contributed by atoms with Crippen molar-refractivity contribution >= 4 is 17.7 Å². The van der Waals surface area contributed by atoms with Gasteiger partial charge in [-0.3, -0.25) is 9.59 Å². The van der Waals surface area contributed by atoms with Crippen LogP contribution in [0.4, 0.5) is 0 Å². The molecular formula is C31H42O8. The normalized spacial score (nSPS) is 31.1. The molecule has 4 N–H and O–H groups in total. The van der Waals surface area contributed by atoms with Crippen LogP contribution in [0.15, 0.2) is 71.4 Å². The number of hydrogen-bond acceptors (Lipinski definition) is 7. The summed E-state index contributed by atoms with van der Waals surface area (Å²) in [4.78, 5) is 37.1. The Morgan fingerprint density at radius 3 is 2.41 bits per heavy atom. The van der Waals surface area contributed by atoms with E-state index in [1.807, 2.05) is 13.0 Å². The number of carbonyl (C=O) groups is 3. The quantitative estimate of drug-likeness (QED) is 0.175. The molecule has 8 nitrogen and oxygen atoms in total. The summed E-state index contributed by atoms with van der Waals surface area (Å²) >= 11 is 0. The van der Waals surface area contributed by atoms with Gasteiger partial charge in [0.1, 0.15) is 11.9 Å². The van der Waals surface area contributed by atoms with Crippen molar-refractivity contribution in [3.8, 4) is 0 Å². The number of aliphatic hydroxyl groups is 3. The molecule has 39 heavy (non-hydrogen) atoms. The lowest BCUT2D eigenvalue weighted by molar-refractivity contribution is -0.172. The van der Waals surface area contributed by atoms with E-state index < -0.39 is 47.0 Å². The molecule has 0 unspecified atom stereocenters. The van der Waals surface area contributed by atoms with E-state index in [4.69, 9.17) is 9.84 Å². The summed E-state index contributed by atoms with van der Waals surface area (Å²) in [5.74, 6) is -3.40. The van der Waals surface area contributed by atoms with E-state index in [0.717, 1.165) is 17.2 Å². The van der Waals surface area contributed by atoms with Crippen molar-refractivity contribution < 1.29 is 39.5 Å². The number of ether oxygens (including phenoxy) is 1. The summed E-state index contributed by atoms with van der Waals surface area (Å²) in [5.41, 5.74) is -0.699. The minimum absolute atomic E-state index is 0.0626. The molecule has 0 heterocycles. The molecule has 2 rings (SSSR count). The summed E-state index contributed by atoms with van der Waals surface area (Å²) < 4.78 is 5.98. The van der Waals surface area contributed by atoms with Gasteiger partial charge in [0.15, 0.2) is 0 Å². The topological polar surface area (TPSA) is 141 Å². The third kappa shape index (κ3) is 7.53. The zero-order chi connectivity index (χ0) is 29.5. The average Bonchev–Trinajstić information content (AvgIpc) is 2.85. The Morgan fingerprint density at radius 2 is 1.79 bits per heavy atom. The first kappa shape index (κ1) is 32.1. The molecule has 0 aliphatic heterocycles. The number of fused-ring (bicyclic) bond motifs is 1. The molecule has 2 aliphatic carbocycles. The van der Waals surface area contributed by atoms with Crippen LogP contribution >= 0.6 is 0 Å². The summed E-state index contributed by atoms with van der Waals surface area (Å²) in [6, 6.07) is 0. The Hall–Kier alpha value is -3.07. The molecule has 2 aliphatic rings. The smallest absolute Gasteiger partial charge is 0.328 e. The Morgan fingerprint density at radius 1 is 1.15 bits per heavy atom. The van der Waals surface area contributed by atoms with Crippen LogP contribution in [0.25, 0.3) is 0 Å². The van der Waals surface area contributed by atoms with E-state index >= 15 is 0 Å². The number of hydrogen-bond donors (Lipinski definition) is 4. The largest absolute Gasteiger partial charge is 0.478 e. The maximum Gasteiger partial charge on any atom is 0.328 e. The summed E-state index contributed by atoms with van der Waals surface area (Å²) in [6.45, 7) is 9.93. The van der Waals surface area contributed by atoms with Gasteiger partial charge in [0.25, 0.3) is 0 Å². The number of Topliss-reactive ketones (excluding diaryl/α,β-unsaturated/α-hetero) is 1. The van der Waals surface area contributed by atoms with Crippen molar-refractivity contribution in [2.45, 2.75) is 72.2 Å². The molecule has 214 valence electrons. The molecule has 0 radical (unpaired) electrons. The van der Waals surface area contributed by atoms with E-state index in [1.165, 1.54) is 6.08 Å². The highest BCUT2D eigenvalue weighted by atomic mass is 16.5. The van der Waals surface area contributed by atoms with Crippen molar-refractivity contribution in [3.63, 3.8) is 0 Å². The number of carboxylic acid groups (broad SMARTS) is 1. The fraction of sp³-hybridized carbons (Fsp3) is 0.516. The molecule has 0 spiro atoms. The Labute approximate surface area is 230 Å². The van der Waals surface area contributed by atoms with Gasteiger partial charge >= 0.3 is 11.9 Å². The molecule has 8 heteroatoms. The summed E-state index contributed by atoms with van der Waals surface area (Å²) in [7, 11) is 0. The molecule has 0 saturated heterocycles. The van der Waals surface area contributed by atoms with Crippen LogP contribution < -0.4 is 0 Å². The van der Waals surface area contributed by atoms with Crippen LogP contribution in [0, 0.1) is 23.2 Å². The second-order valence-corrected chi connectivity index (χ2v) is 11.0. The molecule has 0 fully saturated rings. The molecule has 7 atom stereocenters. The zero-order valence-electron chi connectivity index (χ0n) is 23.6. The van der Waals surface area contributed by atoms with Crippen molar-refractivity contribution in [1.82, 2.24) is 0 Å². The minimum atomic E-state index is -1.51. The molecule has 0 bridgehead atoms. The third-order valence-electron chi connectivity index (χ3n) is 7.90. The van der Waals surface area contributed by atoms with E-state index in [0.29, 0.717) is 12.0 Å². The lowest BCUT2D eigenvalue weighted by Gasteiger charge is -2.52. The van der Waals surface area contributed by atoms with Gasteiger partial charge in [-0.2, -0.15) is 0 Å². The predicted octanol–water partition coefficient (Wildman–Crippen LogP) is 3.85. The number of allylic oxidation sites excluding steroid dienone is 8. The van der Waals surface area contributed by atoms with Gasteiger partial charge in [0.2, 0.25) is 0 Å². The van der Waals surface area contributed by atoms with E-state index in [9.17, 15) is 29.7 Å². The Balaban J connectivity index is 2.24. The Kier molecular flexibility index (Phi) is 11.0. The Bertz CT molecular complexity index is 1120. The summed E-state index contributed by atoms with van der Waals surface area (Å²) in [5, 5.41) is 40.2. The van der Waals surface area contributed by atoms with Crippen LogP contribution in [-0.4, -0.2) is 62.6 Å². The number of aliphatic hydroxyl groups excluding tert-OH is 2. The van der Waals surface area contributed by atoms with Gasteiger partial charge in [-0.15, -0.1) is 0 Å². The lowest BCUT2D eigenvalue weighted by atomic mass is 9.54. The zero-order valence-corrected chi connectivity index (χ0v) is 23.6. The standard InChI is InChI=1S/C31H42O8/c1-19(10-8-12-26(34)35)9-7-11-21(3)28(36)22(4)29(37)39-24-18-20(2)17-23-13-15-30(5,38)31(6,27(23)24)25(33)14-16-32/h7-13,15,17,20,22,24,27-28,32,36,38H,14,16,18H2,1-6H3,(H,34,35)/b9-7+,12-8+,19-10+,21-11+/t20-,22+,24+,27-,28+,30-,31-/m1/s1. The van der Waals surface area contributed by atoms with Gasteiger partial charge in [-0.05, 0) is 58.1 Å². The number of carbonyl (C=O) groups excluding carboxylic acids is 2. The van der Waals surface area contributed by atoms with Crippen LogP contribution in [0.2, 0.25) is 0 Å². The molecule has 0 aromatic carbocycles. The number of carboxylic acids is 1. The second-order valence-electron chi connectivity index (χ2n) is 11.0. The minimum Gasteiger partial charge on any atom is -0.478 e. The maximum absolute atomic E-state index is 13.3. The number of esters is 1. The number of ketones is 1. The average molecular weight is 543 g/mol. The van der Waals surface area contributed by atoms with E-state index in [2.05, 4.69) is 0 Å². The van der Waals surface area contributed by atoms with Crippen LogP contribution in [0.1, 0.15) is 54.4 Å². The summed E-state index contributed by atoms with van der Waals surface area (Å²) in [6.07, 6.45) is 13.1. The molecule has 0 saturated carbocycles. The first-order valence-electron chi connectivity index (χ1n) is 13.2. The molecular weight excluding hydrogens is 500 g/mol. The molecule has 0 aromatic heterocycles. The predicted molar refractivity (Wildman–Crippen MR) is 148 cm³/mol. The highest BCUT2D eigenvalue weighted by molar-refractivity contribution is 5.88. The van der Waals surface area contributed by atoms with Crippen molar-refractivity contribution in [1.29, 1.82) is 0 Å². The maximum atomic E-state index is 13.3. The fourth-order valence-corrected chi connectivity index (χ4v) is 5.33. The number of rotatable bonds is 11. The van der Waals surface area contributed by atoms with E-state index in [-0.39, 0.29) is 24.7 Å². The highest BCUT2D eigenvalue weighted by Crippen LogP contribution is 2.53. The van der Waals surface area contributed by atoms with Crippen molar-refractivity contribution in [2.75, 3.05) is 6.61 Å². The van der Waals surface area contributed by atoms with Crippen LogP contribution in [0.5, 0.6) is 0 Å². The second kappa shape index (κ2) is 13.3. The van der Waals surface area contributed by atoms with Crippen molar-refractivity contribution in [2.24, 2.45) is 23.2 Å². The SMILES string of the molecule is CC(/C=C/C=C(\C)[C@H](O)[C@H](C)C(=O)O[C@H]1C[C@H](C)C=C2C=C[C@@](C)(O)[C@](C)(C(=O)CCO)[C@H]21)=C\C=C\C(=O)O. The van der Waals surface area contributed by atoms with E-state index in [1.54, 1.807) is 71.1 Å². The monoisotopic (exact) mass is 542 g/mol. The van der Waals surface area contributed by atoms with Gasteiger partial charge in [-0.1, -0.05) is 61.1 Å². The lowest BCUT2D eigenvalue weighted by Crippen LogP contribution is -2.59. The first-order valence-corrected chi connectivity index (χ1v) is 13.2. The van der Waals surface area contributed by atoms with Gasteiger partial charge in [0.05, 0.1) is 23.0 Å². The van der Waals surface area contributed by atoms with Gasteiger partial charge in [0, 0.05) is 25.0 Å². The fourth-order valence-electron chi connectivity index (χ4n) is 5.33.